The molecule has 5 nitrogen and oxygen atoms in total. The van der Waals surface area contributed by atoms with Gasteiger partial charge in [-0.25, -0.2) is 0 Å². The van der Waals surface area contributed by atoms with E-state index in [9.17, 15) is 14.4 Å². The summed E-state index contributed by atoms with van der Waals surface area (Å²) in [5.41, 5.74) is -1.24. The fourth-order valence-corrected chi connectivity index (χ4v) is 2.84. The zero-order chi connectivity index (χ0) is 19.5. The van der Waals surface area contributed by atoms with E-state index >= 15 is 0 Å². The molecule has 2 aromatic rings. The second-order valence-corrected chi connectivity index (χ2v) is 7.51. The standard InChI is InChI=1S/C21H26N2O3/c1-14(24)20(3,4)23-19(26)21(5,22-15(2)25)13-16-10-11-17-8-6-7-9-18(17)12-16/h6-12H,13H2,1-5H3,(H,22,25)(H,23,26). The normalized spacial score (nSPS) is 13.7. The molecule has 0 bridgehead atoms. The monoisotopic (exact) mass is 354 g/mol. The fourth-order valence-electron chi connectivity index (χ4n) is 2.84. The highest BCUT2D eigenvalue weighted by Gasteiger charge is 2.38. The first-order chi connectivity index (χ1) is 12.0. The van der Waals surface area contributed by atoms with Gasteiger partial charge >= 0.3 is 0 Å². The second-order valence-electron chi connectivity index (χ2n) is 7.51. The Morgan fingerprint density at radius 3 is 2.08 bits per heavy atom. The average molecular weight is 354 g/mol. The number of amides is 2. The number of carbonyl (C=O) groups excluding carboxylic acids is 3. The summed E-state index contributed by atoms with van der Waals surface area (Å²) < 4.78 is 0. The van der Waals surface area contributed by atoms with Crippen LogP contribution in [0.2, 0.25) is 0 Å². The predicted octanol–water partition coefficient (Wildman–Crippen LogP) is 2.76. The molecular weight excluding hydrogens is 328 g/mol. The van der Waals surface area contributed by atoms with E-state index < -0.39 is 11.1 Å². The molecule has 0 aliphatic heterocycles. The summed E-state index contributed by atoms with van der Waals surface area (Å²) in [5.74, 6) is -0.841. The van der Waals surface area contributed by atoms with Gasteiger partial charge in [-0.1, -0.05) is 42.5 Å². The van der Waals surface area contributed by atoms with E-state index in [1.54, 1.807) is 20.8 Å². The molecule has 2 rings (SSSR count). The number of hydrogen-bond acceptors (Lipinski definition) is 3. The van der Waals surface area contributed by atoms with E-state index in [0.29, 0.717) is 6.42 Å². The largest absolute Gasteiger partial charge is 0.342 e. The lowest BCUT2D eigenvalue weighted by molar-refractivity contribution is -0.136. The maximum absolute atomic E-state index is 12.9. The minimum Gasteiger partial charge on any atom is -0.342 e. The van der Waals surface area contributed by atoms with Crippen molar-refractivity contribution in [2.45, 2.75) is 52.1 Å². The predicted molar refractivity (Wildman–Crippen MR) is 103 cm³/mol. The molecule has 0 aliphatic carbocycles. The number of fused-ring (bicyclic) bond motifs is 1. The van der Waals surface area contributed by atoms with Crippen LogP contribution in [0.5, 0.6) is 0 Å². The second kappa shape index (κ2) is 7.28. The highest BCUT2D eigenvalue weighted by Crippen LogP contribution is 2.21. The van der Waals surface area contributed by atoms with Gasteiger partial charge in [0.15, 0.2) is 5.78 Å². The molecule has 1 unspecified atom stereocenters. The van der Waals surface area contributed by atoms with Gasteiger partial charge in [0.25, 0.3) is 0 Å². The quantitative estimate of drug-likeness (QED) is 0.837. The Hall–Kier alpha value is -2.69. The van der Waals surface area contributed by atoms with Crippen LogP contribution in [0.25, 0.3) is 10.8 Å². The first kappa shape index (κ1) is 19.6. The number of Topliss-reactive ketones (excluding diaryl/α,β-unsaturated/α-hetero) is 1. The van der Waals surface area contributed by atoms with Gasteiger partial charge in [0.2, 0.25) is 11.8 Å². The third-order valence-electron chi connectivity index (χ3n) is 4.63. The zero-order valence-corrected chi connectivity index (χ0v) is 16.0. The third kappa shape index (κ3) is 4.48. The van der Waals surface area contributed by atoms with Crippen LogP contribution < -0.4 is 10.6 Å². The lowest BCUT2D eigenvalue weighted by atomic mass is 9.88. The number of hydrogen-bond donors (Lipinski definition) is 2. The van der Waals surface area contributed by atoms with Crippen molar-refractivity contribution >= 4 is 28.4 Å². The van der Waals surface area contributed by atoms with Crippen LogP contribution >= 0.6 is 0 Å². The molecule has 2 N–H and O–H groups in total. The number of benzene rings is 2. The summed E-state index contributed by atoms with van der Waals surface area (Å²) in [6, 6.07) is 13.9. The van der Waals surface area contributed by atoms with E-state index in [2.05, 4.69) is 10.6 Å². The van der Waals surface area contributed by atoms with Crippen LogP contribution in [0, 0.1) is 0 Å². The molecule has 0 fully saturated rings. The summed E-state index contributed by atoms with van der Waals surface area (Å²) in [4.78, 5) is 36.4. The molecule has 26 heavy (non-hydrogen) atoms. The molecule has 138 valence electrons. The molecule has 0 spiro atoms. The molecule has 2 amide bonds. The van der Waals surface area contributed by atoms with Crippen molar-refractivity contribution in [2.75, 3.05) is 0 Å². The zero-order valence-electron chi connectivity index (χ0n) is 16.0. The minimum absolute atomic E-state index is 0.151. The van der Waals surface area contributed by atoms with Crippen molar-refractivity contribution in [1.29, 1.82) is 0 Å². The Kier molecular flexibility index (Phi) is 5.50. The molecule has 0 saturated heterocycles. The van der Waals surface area contributed by atoms with Crippen molar-refractivity contribution in [1.82, 2.24) is 10.6 Å². The number of rotatable bonds is 6. The SMILES string of the molecule is CC(=O)NC(C)(Cc1ccc2ccccc2c1)C(=O)NC(C)(C)C(C)=O. The molecule has 1 atom stereocenters. The first-order valence-electron chi connectivity index (χ1n) is 8.63. The molecule has 0 heterocycles. The Labute approximate surface area is 154 Å². The van der Waals surface area contributed by atoms with Crippen LogP contribution in [0.3, 0.4) is 0 Å². The van der Waals surface area contributed by atoms with Gasteiger partial charge in [-0.2, -0.15) is 0 Å². The highest BCUT2D eigenvalue weighted by molar-refractivity contribution is 5.96. The van der Waals surface area contributed by atoms with E-state index in [-0.39, 0.29) is 17.6 Å². The van der Waals surface area contributed by atoms with Crippen LogP contribution in [0.15, 0.2) is 42.5 Å². The molecule has 0 aliphatic rings. The Balaban J connectivity index is 2.33. The van der Waals surface area contributed by atoms with Gasteiger partial charge in [0.05, 0.1) is 5.54 Å². The minimum atomic E-state index is -1.17. The summed E-state index contributed by atoms with van der Waals surface area (Å²) in [7, 11) is 0. The van der Waals surface area contributed by atoms with Crippen molar-refractivity contribution < 1.29 is 14.4 Å². The smallest absolute Gasteiger partial charge is 0.246 e. The van der Waals surface area contributed by atoms with Gasteiger partial charge in [0.1, 0.15) is 5.54 Å². The van der Waals surface area contributed by atoms with Crippen LogP contribution in [-0.2, 0) is 20.8 Å². The maximum atomic E-state index is 12.9. The van der Waals surface area contributed by atoms with Gasteiger partial charge in [-0.3, -0.25) is 14.4 Å². The molecule has 2 aromatic carbocycles. The van der Waals surface area contributed by atoms with Gasteiger partial charge < -0.3 is 10.6 Å². The van der Waals surface area contributed by atoms with Crippen molar-refractivity contribution in [3.63, 3.8) is 0 Å². The Morgan fingerprint density at radius 1 is 0.885 bits per heavy atom. The number of ketones is 1. The summed E-state index contributed by atoms with van der Waals surface area (Å²) in [6.07, 6.45) is 0.317. The summed E-state index contributed by atoms with van der Waals surface area (Å²) in [6.45, 7) is 7.78. The molecular formula is C21H26N2O3. The molecule has 0 saturated carbocycles. The van der Waals surface area contributed by atoms with E-state index in [0.717, 1.165) is 16.3 Å². The average Bonchev–Trinajstić information content (AvgIpc) is 2.53. The molecule has 0 aromatic heterocycles. The van der Waals surface area contributed by atoms with E-state index in [4.69, 9.17) is 0 Å². The van der Waals surface area contributed by atoms with Crippen molar-refractivity contribution in [3.8, 4) is 0 Å². The summed E-state index contributed by atoms with van der Waals surface area (Å²) >= 11 is 0. The lowest BCUT2D eigenvalue weighted by Crippen LogP contribution is -2.62. The molecule has 5 heteroatoms. The number of carbonyl (C=O) groups is 3. The van der Waals surface area contributed by atoms with E-state index in [1.807, 2.05) is 42.5 Å². The first-order valence-corrected chi connectivity index (χ1v) is 8.63. The highest BCUT2D eigenvalue weighted by atomic mass is 16.2. The fraction of sp³-hybridized carbons (Fsp3) is 0.381. The molecule has 0 radical (unpaired) electrons. The number of nitrogens with one attached hydrogen (secondary N) is 2. The van der Waals surface area contributed by atoms with Gasteiger partial charge in [-0.15, -0.1) is 0 Å². The third-order valence-corrected chi connectivity index (χ3v) is 4.63. The Morgan fingerprint density at radius 2 is 1.50 bits per heavy atom. The Bertz CT molecular complexity index is 857. The van der Waals surface area contributed by atoms with Crippen LogP contribution in [-0.4, -0.2) is 28.7 Å². The topological polar surface area (TPSA) is 75.3 Å². The maximum Gasteiger partial charge on any atom is 0.246 e. The van der Waals surface area contributed by atoms with Crippen molar-refractivity contribution in [3.05, 3.63) is 48.0 Å². The lowest BCUT2D eigenvalue weighted by Gasteiger charge is -2.33. The summed E-state index contributed by atoms with van der Waals surface area (Å²) in [5, 5.41) is 7.69. The van der Waals surface area contributed by atoms with Crippen LogP contribution in [0.1, 0.15) is 40.2 Å². The van der Waals surface area contributed by atoms with Crippen LogP contribution in [0.4, 0.5) is 0 Å². The van der Waals surface area contributed by atoms with Gasteiger partial charge in [0, 0.05) is 13.3 Å². The van der Waals surface area contributed by atoms with Gasteiger partial charge in [-0.05, 0) is 44.0 Å². The van der Waals surface area contributed by atoms with Crippen molar-refractivity contribution in [2.24, 2.45) is 0 Å². The van der Waals surface area contributed by atoms with E-state index in [1.165, 1.54) is 13.8 Å².